The molecule has 0 rings (SSSR count). The molecule has 0 aliphatic heterocycles. The zero-order chi connectivity index (χ0) is 9.40. The number of hydrogen-bond donors (Lipinski definition) is 1. The van der Waals surface area contributed by atoms with Gasteiger partial charge in [0.25, 0.3) is 12.6 Å². The lowest BCUT2D eigenvalue weighted by molar-refractivity contribution is -0.142. The van der Waals surface area contributed by atoms with Crippen molar-refractivity contribution in [2.75, 3.05) is 13.2 Å². The van der Waals surface area contributed by atoms with Crippen LogP contribution in [0, 0.1) is 6.57 Å². The van der Waals surface area contributed by atoms with Crippen LogP contribution in [-0.4, -0.2) is 25.2 Å². The molecular formula is C8H15N2O2+. The van der Waals surface area contributed by atoms with E-state index >= 15 is 0 Å². The minimum Gasteiger partial charge on any atom is -0.465 e. The Kier molecular flexibility index (Phi) is 6.02. The fraction of sp³-hybridized carbons (Fsp3) is 0.750. The van der Waals surface area contributed by atoms with E-state index in [1.165, 1.54) is 0 Å². The number of esters is 1. The first kappa shape index (κ1) is 10.9. The van der Waals surface area contributed by atoms with Gasteiger partial charge in [0, 0.05) is 13.3 Å². The molecule has 68 valence electrons. The van der Waals surface area contributed by atoms with Crippen LogP contribution in [0.5, 0.6) is 0 Å². The van der Waals surface area contributed by atoms with E-state index in [9.17, 15) is 4.79 Å². The summed E-state index contributed by atoms with van der Waals surface area (Å²) in [5.41, 5.74) is 5.03. The van der Waals surface area contributed by atoms with Gasteiger partial charge in [-0.05, 0) is 6.42 Å². The van der Waals surface area contributed by atoms with Crippen LogP contribution in [0.4, 0.5) is 0 Å². The molecule has 0 aromatic heterocycles. The highest BCUT2D eigenvalue weighted by Crippen LogP contribution is 2.00. The van der Waals surface area contributed by atoms with Gasteiger partial charge < -0.3 is 10.5 Å². The number of rotatable bonds is 5. The monoisotopic (exact) mass is 171 g/mol. The highest BCUT2D eigenvalue weighted by atomic mass is 16.5. The van der Waals surface area contributed by atoms with E-state index in [0.717, 1.165) is 12.8 Å². The number of nitrogens with two attached hydrogens (primary N) is 1. The Morgan fingerprint density at radius 3 is 2.92 bits per heavy atom. The molecule has 0 heterocycles. The molecule has 0 aromatic rings. The van der Waals surface area contributed by atoms with Crippen molar-refractivity contribution in [3.8, 4) is 6.57 Å². The summed E-state index contributed by atoms with van der Waals surface area (Å²) >= 11 is 0. The molecule has 4 heteroatoms. The van der Waals surface area contributed by atoms with Crippen molar-refractivity contribution in [2.45, 2.75) is 25.8 Å². The van der Waals surface area contributed by atoms with E-state index in [-0.39, 0.29) is 18.6 Å². The standard InChI is InChI=1S/C8H15N2O2/c1-7(10-2)4-3-5-12-8(11)6-9/h2,7H,3-6,9H2,1H3/q+1. The average molecular weight is 171 g/mol. The molecule has 0 bridgehead atoms. The first-order valence-electron chi connectivity index (χ1n) is 3.96. The number of hydrogen-bond acceptors (Lipinski definition) is 3. The molecule has 1 unspecified atom stereocenters. The van der Waals surface area contributed by atoms with Crippen LogP contribution in [-0.2, 0) is 9.53 Å². The minimum absolute atomic E-state index is 0.0587. The molecule has 0 spiro atoms. The summed E-state index contributed by atoms with van der Waals surface area (Å²) in [5, 5.41) is 0. The topological polar surface area (TPSA) is 56.7 Å². The highest BCUT2D eigenvalue weighted by Gasteiger charge is 2.07. The third-order valence-corrected chi connectivity index (χ3v) is 1.45. The Labute approximate surface area is 72.5 Å². The van der Waals surface area contributed by atoms with Crippen molar-refractivity contribution in [3.63, 3.8) is 0 Å². The van der Waals surface area contributed by atoms with Gasteiger partial charge in [-0.15, -0.1) is 0 Å². The fourth-order valence-electron chi connectivity index (χ4n) is 0.698. The van der Waals surface area contributed by atoms with E-state index in [1.807, 2.05) is 6.92 Å². The quantitative estimate of drug-likeness (QED) is 0.487. The number of ether oxygens (including phenoxy) is 1. The highest BCUT2D eigenvalue weighted by molar-refractivity contribution is 5.71. The van der Waals surface area contributed by atoms with Crippen LogP contribution in [0.3, 0.4) is 0 Å². The van der Waals surface area contributed by atoms with Crippen LogP contribution in [0.15, 0.2) is 0 Å². The maximum Gasteiger partial charge on any atom is 0.319 e. The Hall–Kier alpha value is -1.08. The predicted molar refractivity (Wildman–Crippen MR) is 47.0 cm³/mol. The van der Waals surface area contributed by atoms with E-state index in [4.69, 9.17) is 17.0 Å². The van der Waals surface area contributed by atoms with Crippen LogP contribution in [0.2, 0.25) is 0 Å². The summed E-state index contributed by atoms with van der Waals surface area (Å²) < 4.78 is 4.74. The maximum absolute atomic E-state index is 10.5. The van der Waals surface area contributed by atoms with Crippen LogP contribution in [0.1, 0.15) is 19.8 Å². The first-order valence-corrected chi connectivity index (χ1v) is 3.96. The van der Waals surface area contributed by atoms with Gasteiger partial charge in [-0.25, -0.2) is 0 Å². The Morgan fingerprint density at radius 2 is 2.42 bits per heavy atom. The zero-order valence-corrected chi connectivity index (χ0v) is 7.32. The first-order chi connectivity index (χ1) is 5.70. The van der Waals surface area contributed by atoms with Gasteiger partial charge in [0.05, 0.1) is 13.2 Å². The third kappa shape index (κ3) is 5.69. The average Bonchev–Trinajstić information content (AvgIpc) is 2.11. The predicted octanol–water partition coefficient (Wildman–Crippen LogP) is 0.620. The minimum atomic E-state index is -0.368. The van der Waals surface area contributed by atoms with Crippen molar-refractivity contribution in [1.29, 1.82) is 0 Å². The fourth-order valence-corrected chi connectivity index (χ4v) is 0.698. The second kappa shape index (κ2) is 6.62. The van der Waals surface area contributed by atoms with Gasteiger partial charge >= 0.3 is 5.97 Å². The smallest absolute Gasteiger partial charge is 0.319 e. The van der Waals surface area contributed by atoms with Gasteiger partial charge in [0.2, 0.25) is 0 Å². The lowest BCUT2D eigenvalue weighted by Crippen LogP contribution is -2.17. The Bertz CT molecular complexity index is 174. The summed E-state index contributed by atoms with van der Waals surface area (Å²) in [5.74, 6) is -0.368. The van der Waals surface area contributed by atoms with Crippen molar-refractivity contribution in [1.82, 2.24) is 0 Å². The van der Waals surface area contributed by atoms with E-state index in [1.54, 1.807) is 0 Å². The second-order valence-corrected chi connectivity index (χ2v) is 2.56. The van der Waals surface area contributed by atoms with Gasteiger partial charge in [0.1, 0.15) is 0 Å². The van der Waals surface area contributed by atoms with Gasteiger partial charge in [-0.3, -0.25) is 4.79 Å². The SMILES string of the molecule is C#[N+]C(C)CCCOC(=O)CN. The molecule has 0 saturated heterocycles. The summed E-state index contributed by atoms with van der Waals surface area (Å²) in [6.07, 6.45) is 1.60. The van der Waals surface area contributed by atoms with E-state index < -0.39 is 0 Å². The molecular weight excluding hydrogens is 156 g/mol. The Balaban J connectivity index is 3.23. The molecule has 0 aliphatic rings. The van der Waals surface area contributed by atoms with Crippen molar-refractivity contribution in [3.05, 3.63) is 4.85 Å². The van der Waals surface area contributed by atoms with Crippen molar-refractivity contribution < 1.29 is 9.53 Å². The molecule has 0 radical (unpaired) electrons. The summed E-state index contributed by atoms with van der Waals surface area (Å²) in [4.78, 5) is 14.1. The van der Waals surface area contributed by atoms with Gasteiger partial charge in [0.15, 0.2) is 0 Å². The third-order valence-electron chi connectivity index (χ3n) is 1.45. The van der Waals surface area contributed by atoms with E-state index in [0.29, 0.717) is 6.61 Å². The molecule has 0 aromatic carbocycles. The summed E-state index contributed by atoms with van der Waals surface area (Å²) in [7, 11) is 0. The number of nitrogens with zero attached hydrogens (tertiary/aromatic N) is 1. The molecule has 4 nitrogen and oxygen atoms in total. The number of carbonyl (C=O) groups excluding carboxylic acids is 1. The second-order valence-electron chi connectivity index (χ2n) is 2.56. The number of carbonyl (C=O) groups is 1. The van der Waals surface area contributed by atoms with Crippen molar-refractivity contribution >= 4 is 5.97 Å². The van der Waals surface area contributed by atoms with E-state index in [2.05, 4.69) is 4.85 Å². The molecule has 12 heavy (non-hydrogen) atoms. The molecule has 0 amide bonds. The summed E-state index contributed by atoms with van der Waals surface area (Å²) in [6, 6.07) is 0.126. The Morgan fingerprint density at radius 1 is 1.75 bits per heavy atom. The summed E-state index contributed by atoms with van der Waals surface area (Å²) in [6.45, 7) is 7.28. The molecule has 0 aliphatic carbocycles. The lowest BCUT2D eigenvalue weighted by atomic mass is 10.2. The lowest BCUT2D eigenvalue weighted by Gasteiger charge is -2.00. The maximum atomic E-state index is 10.5. The molecule has 1 atom stereocenters. The van der Waals surface area contributed by atoms with Crippen LogP contribution in [0.25, 0.3) is 4.85 Å². The molecule has 0 fully saturated rings. The normalized spacial score (nSPS) is 11.8. The van der Waals surface area contributed by atoms with Gasteiger partial charge in [-0.1, -0.05) is 4.85 Å². The van der Waals surface area contributed by atoms with Crippen LogP contribution >= 0.6 is 0 Å². The molecule has 2 N–H and O–H groups in total. The van der Waals surface area contributed by atoms with Crippen molar-refractivity contribution in [2.24, 2.45) is 5.73 Å². The molecule has 0 saturated carbocycles. The van der Waals surface area contributed by atoms with Crippen LogP contribution < -0.4 is 5.73 Å². The zero-order valence-electron chi connectivity index (χ0n) is 7.32. The van der Waals surface area contributed by atoms with Gasteiger partial charge in [-0.2, -0.15) is 0 Å². The largest absolute Gasteiger partial charge is 0.465 e.